The Balaban J connectivity index is 1.60. The number of anilines is 1. The molecule has 0 saturated carbocycles. The first-order valence-electron chi connectivity index (χ1n) is 7.98. The van der Waals surface area contributed by atoms with Gasteiger partial charge in [-0.05, 0) is 42.0 Å². The second kappa shape index (κ2) is 7.99. The van der Waals surface area contributed by atoms with Crippen LogP contribution in [-0.2, 0) is 21.5 Å². The monoisotopic (exact) mass is 401 g/mol. The third-order valence-electron chi connectivity index (χ3n) is 3.76. The standard InChI is InChI=1S/C18H15N3O6S/c19-8-13(10-20-9-12-1-6-16-17(7-12)27-11-26-16)18(22)21-14-2-4-15(5-3-14)28(23,24)25/h1-7,10,20H,9,11H2,(H,21,22)(H,23,24,25)/b13-10-. The third-order valence-corrected chi connectivity index (χ3v) is 4.63. The van der Waals surface area contributed by atoms with Gasteiger partial charge in [-0.1, -0.05) is 6.07 Å². The van der Waals surface area contributed by atoms with Crippen LogP contribution in [0.1, 0.15) is 5.56 Å². The average molecular weight is 401 g/mol. The predicted molar refractivity (Wildman–Crippen MR) is 98.0 cm³/mol. The fourth-order valence-corrected chi connectivity index (χ4v) is 2.86. The number of hydrogen-bond acceptors (Lipinski definition) is 7. The van der Waals surface area contributed by atoms with Gasteiger partial charge in [0.25, 0.3) is 16.0 Å². The molecular weight excluding hydrogens is 386 g/mol. The summed E-state index contributed by atoms with van der Waals surface area (Å²) in [7, 11) is -4.31. The zero-order valence-electron chi connectivity index (χ0n) is 14.4. The van der Waals surface area contributed by atoms with E-state index >= 15 is 0 Å². The highest BCUT2D eigenvalue weighted by Crippen LogP contribution is 2.32. The second-order valence-corrected chi connectivity index (χ2v) is 7.11. The molecule has 0 spiro atoms. The van der Waals surface area contributed by atoms with Crippen LogP contribution < -0.4 is 20.1 Å². The summed E-state index contributed by atoms with van der Waals surface area (Å²) in [6.07, 6.45) is 1.28. The van der Waals surface area contributed by atoms with E-state index < -0.39 is 16.0 Å². The molecule has 1 aliphatic rings. The number of nitrogens with zero attached hydrogens (tertiary/aromatic N) is 1. The Morgan fingerprint density at radius 3 is 2.57 bits per heavy atom. The van der Waals surface area contributed by atoms with Crippen molar-refractivity contribution in [3.8, 4) is 17.6 Å². The minimum Gasteiger partial charge on any atom is -0.454 e. The van der Waals surface area contributed by atoms with Crippen molar-refractivity contribution in [3.05, 3.63) is 59.8 Å². The number of hydrogen-bond donors (Lipinski definition) is 3. The molecule has 2 aromatic carbocycles. The molecule has 9 nitrogen and oxygen atoms in total. The third kappa shape index (κ3) is 4.59. The Bertz CT molecular complexity index is 1070. The van der Waals surface area contributed by atoms with Gasteiger partial charge in [-0.2, -0.15) is 13.7 Å². The summed E-state index contributed by atoms with van der Waals surface area (Å²) in [6.45, 7) is 0.536. The van der Waals surface area contributed by atoms with E-state index in [4.69, 9.17) is 14.0 Å². The van der Waals surface area contributed by atoms with Crippen LogP contribution in [0.15, 0.2) is 59.1 Å². The van der Waals surface area contributed by atoms with Gasteiger partial charge in [-0.3, -0.25) is 9.35 Å². The number of ether oxygens (including phenoxy) is 2. The van der Waals surface area contributed by atoms with Gasteiger partial charge in [0.2, 0.25) is 6.79 Å². The number of amides is 1. The second-order valence-electron chi connectivity index (χ2n) is 5.69. The molecule has 0 aliphatic carbocycles. The molecule has 1 amide bonds. The summed E-state index contributed by atoms with van der Waals surface area (Å²) in [5.74, 6) is 0.631. The van der Waals surface area contributed by atoms with E-state index in [0.717, 1.165) is 17.7 Å². The smallest absolute Gasteiger partial charge is 0.294 e. The number of carbonyl (C=O) groups is 1. The summed E-state index contributed by atoms with van der Waals surface area (Å²) in [5, 5.41) is 14.5. The lowest BCUT2D eigenvalue weighted by Crippen LogP contribution is -2.16. The first-order chi connectivity index (χ1) is 13.4. The number of rotatable bonds is 6. The van der Waals surface area contributed by atoms with Crippen molar-refractivity contribution in [1.82, 2.24) is 5.32 Å². The molecule has 0 aromatic heterocycles. The van der Waals surface area contributed by atoms with E-state index in [1.165, 1.54) is 18.3 Å². The van der Waals surface area contributed by atoms with Crippen molar-refractivity contribution in [1.29, 1.82) is 5.26 Å². The van der Waals surface area contributed by atoms with Gasteiger partial charge >= 0.3 is 0 Å². The Labute approximate surface area is 160 Å². The van der Waals surface area contributed by atoms with Crippen LogP contribution in [0.3, 0.4) is 0 Å². The van der Waals surface area contributed by atoms with E-state index in [0.29, 0.717) is 18.0 Å². The minimum atomic E-state index is -4.31. The lowest BCUT2D eigenvalue weighted by molar-refractivity contribution is -0.112. The topological polar surface area (TPSA) is 138 Å². The van der Waals surface area contributed by atoms with E-state index in [1.807, 2.05) is 6.07 Å². The highest BCUT2D eigenvalue weighted by Gasteiger charge is 2.14. The Kier molecular flexibility index (Phi) is 5.49. The molecule has 28 heavy (non-hydrogen) atoms. The fraction of sp³-hybridized carbons (Fsp3) is 0.111. The normalized spacial score (nSPS) is 12.9. The van der Waals surface area contributed by atoms with Crippen LogP contribution in [0.5, 0.6) is 11.5 Å². The summed E-state index contributed by atoms with van der Waals surface area (Å²) in [5.41, 5.74) is 0.980. The number of carbonyl (C=O) groups excluding carboxylic acids is 1. The van der Waals surface area contributed by atoms with E-state index in [9.17, 15) is 18.5 Å². The fourth-order valence-electron chi connectivity index (χ4n) is 2.38. The first-order valence-corrected chi connectivity index (χ1v) is 9.42. The van der Waals surface area contributed by atoms with Crippen LogP contribution in [0.25, 0.3) is 0 Å². The summed E-state index contributed by atoms with van der Waals surface area (Å²) in [4.78, 5) is 11.9. The highest BCUT2D eigenvalue weighted by atomic mass is 32.2. The van der Waals surface area contributed by atoms with Crippen LogP contribution in [0.4, 0.5) is 5.69 Å². The molecule has 0 atom stereocenters. The van der Waals surface area contributed by atoms with Crippen molar-refractivity contribution in [3.63, 3.8) is 0 Å². The Morgan fingerprint density at radius 2 is 1.89 bits per heavy atom. The molecule has 0 fully saturated rings. The average Bonchev–Trinajstić information content (AvgIpc) is 3.12. The Morgan fingerprint density at radius 1 is 1.18 bits per heavy atom. The van der Waals surface area contributed by atoms with Crippen LogP contribution in [-0.4, -0.2) is 25.7 Å². The number of nitriles is 1. The number of fused-ring (bicyclic) bond motifs is 1. The van der Waals surface area contributed by atoms with E-state index in [1.54, 1.807) is 18.2 Å². The predicted octanol–water partition coefficient (Wildman–Crippen LogP) is 1.80. The molecule has 0 radical (unpaired) electrons. The van der Waals surface area contributed by atoms with Gasteiger partial charge in [0.05, 0.1) is 4.90 Å². The number of nitrogens with one attached hydrogen (secondary N) is 2. The van der Waals surface area contributed by atoms with Gasteiger partial charge in [-0.25, -0.2) is 0 Å². The molecule has 2 aromatic rings. The van der Waals surface area contributed by atoms with Crippen molar-refractivity contribution < 1.29 is 27.2 Å². The molecular formula is C18H15N3O6S. The van der Waals surface area contributed by atoms with Crippen molar-refractivity contribution >= 4 is 21.7 Å². The largest absolute Gasteiger partial charge is 0.454 e. The van der Waals surface area contributed by atoms with Crippen molar-refractivity contribution in [2.45, 2.75) is 11.4 Å². The van der Waals surface area contributed by atoms with Crippen LogP contribution in [0, 0.1) is 11.3 Å². The maximum Gasteiger partial charge on any atom is 0.294 e. The lowest BCUT2D eigenvalue weighted by Gasteiger charge is -2.06. The highest BCUT2D eigenvalue weighted by molar-refractivity contribution is 7.85. The molecule has 0 saturated heterocycles. The van der Waals surface area contributed by atoms with Crippen LogP contribution in [0.2, 0.25) is 0 Å². The lowest BCUT2D eigenvalue weighted by atomic mass is 10.2. The Hall–Kier alpha value is -3.55. The van der Waals surface area contributed by atoms with Crippen LogP contribution >= 0.6 is 0 Å². The van der Waals surface area contributed by atoms with Gasteiger partial charge in [0.1, 0.15) is 11.6 Å². The molecule has 3 rings (SSSR count). The first kappa shape index (κ1) is 19.2. The molecule has 10 heteroatoms. The zero-order valence-corrected chi connectivity index (χ0v) is 15.2. The van der Waals surface area contributed by atoms with Gasteiger partial charge in [0, 0.05) is 18.4 Å². The summed E-state index contributed by atoms with van der Waals surface area (Å²) in [6, 6.07) is 12.1. The maximum absolute atomic E-state index is 12.2. The number of benzene rings is 2. The minimum absolute atomic E-state index is 0.167. The quantitative estimate of drug-likeness (QED) is 0.378. The van der Waals surface area contributed by atoms with Crippen molar-refractivity contribution in [2.75, 3.05) is 12.1 Å². The summed E-state index contributed by atoms with van der Waals surface area (Å²) >= 11 is 0. The van der Waals surface area contributed by atoms with Gasteiger partial charge in [0.15, 0.2) is 11.5 Å². The zero-order chi connectivity index (χ0) is 20.1. The van der Waals surface area contributed by atoms with Gasteiger partial charge in [-0.15, -0.1) is 0 Å². The van der Waals surface area contributed by atoms with Gasteiger partial charge < -0.3 is 20.1 Å². The summed E-state index contributed by atoms with van der Waals surface area (Å²) < 4.78 is 41.5. The maximum atomic E-state index is 12.2. The van der Waals surface area contributed by atoms with E-state index in [-0.39, 0.29) is 22.9 Å². The molecule has 144 valence electrons. The SMILES string of the molecule is N#C/C(=C/NCc1ccc2c(c1)OCO2)C(=O)Nc1ccc(S(=O)(=O)O)cc1. The molecule has 0 bridgehead atoms. The molecule has 0 unspecified atom stereocenters. The molecule has 1 heterocycles. The van der Waals surface area contributed by atoms with E-state index in [2.05, 4.69) is 10.6 Å². The molecule has 1 aliphatic heterocycles. The molecule has 3 N–H and O–H groups in total. The van der Waals surface area contributed by atoms with Crippen molar-refractivity contribution in [2.24, 2.45) is 0 Å².